The molecule has 0 radical (unpaired) electrons. The maximum absolute atomic E-state index is 11.9. The first-order chi connectivity index (χ1) is 9.16. The monoisotopic (exact) mass is 264 g/mol. The minimum absolute atomic E-state index is 0.148. The fourth-order valence-corrected chi connectivity index (χ4v) is 2.39. The Kier molecular flexibility index (Phi) is 4.68. The molecule has 1 aromatic heterocycles. The number of nitrogens with zero attached hydrogens (tertiary/aromatic N) is 3. The second-order valence-corrected chi connectivity index (χ2v) is 5.01. The summed E-state index contributed by atoms with van der Waals surface area (Å²) in [6, 6.07) is 3.45. The maximum atomic E-state index is 11.9. The number of urea groups is 1. The number of nitrogens with one attached hydrogen (secondary N) is 1. The van der Waals surface area contributed by atoms with Crippen molar-refractivity contribution in [3.8, 4) is 0 Å². The van der Waals surface area contributed by atoms with E-state index < -0.39 is 0 Å². The summed E-state index contributed by atoms with van der Waals surface area (Å²) in [5, 5.41) is 20.2. The Morgan fingerprint density at radius 1 is 1.58 bits per heavy atom. The van der Waals surface area contributed by atoms with Crippen molar-refractivity contribution in [2.45, 2.75) is 31.9 Å². The number of rotatable bonds is 4. The fourth-order valence-electron chi connectivity index (χ4n) is 2.39. The third-order valence-electron chi connectivity index (χ3n) is 3.52. The molecule has 2 atom stereocenters. The molecular formula is C13H20N4O2. The number of carbonyl (C=O) groups excluding carboxylic acids is 1. The van der Waals surface area contributed by atoms with E-state index in [0.29, 0.717) is 13.1 Å². The van der Waals surface area contributed by atoms with Crippen molar-refractivity contribution in [3.05, 3.63) is 24.0 Å². The number of carbonyl (C=O) groups is 1. The molecule has 1 aromatic rings. The lowest BCUT2D eigenvalue weighted by Crippen LogP contribution is -2.41. The Hall–Kier alpha value is -1.69. The predicted molar refractivity (Wildman–Crippen MR) is 70.2 cm³/mol. The molecule has 6 heteroatoms. The summed E-state index contributed by atoms with van der Waals surface area (Å²) < 4.78 is 0. The van der Waals surface area contributed by atoms with Crippen molar-refractivity contribution in [3.63, 3.8) is 0 Å². The van der Waals surface area contributed by atoms with Crippen LogP contribution in [0.5, 0.6) is 0 Å². The highest BCUT2D eigenvalue weighted by atomic mass is 16.3. The van der Waals surface area contributed by atoms with Gasteiger partial charge in [-0.2, -0.15) is 10.2 Å². The van der Waals surface area contributed by atoms with Gasteiger partial charge in [-0.1, -0.05) is 6.42 Å². The zero-order valence-corrected chi connectivity index (χ0v) is 11.1. The molecule has 0 bridgehead atoms. The molecule has 2 N–H and O–H groups in total. The molecule has 104 valence electrons. The van der Waals surface area contributed by atoms with Gasteiger partial charge in [-0.25, -0.2) is 4.79 Å². The van der Waals surface area contributed by atoms with Crippen LogP contribution in [0.4, 0.5) is 4.79 Å². The molecule has 6 nitrogen and oxygen atoms in total. The molecule has 2 rings (SSSR count). The third kappa shape index (κ3) is 3.89. The van der Waals surface area contributed by atoms with Crippen LogP contribution in [0.3, 0.4) is 0 Å². The summed E-state index contributed by atoms with van der Waals surface area (Å²) in [6.45, 7) is 0.956. The molecule has 19 heavy (non-hydrogen) atoms. The van der Waals surface area contributed by atoms with Crippen molar-refractivity contribution >= 4 is 6.03 Å². The Bertz CT molecular complexity index is 412. The zero-order valence-electron chi connectivity index (χ0n) is 11.1. The lowest BCUT2D eigenvalue weighted by molar-refractivity contribution is 0.114. The quantitative estimate of drug-likeness (QED) is 0.842. The molecule has 1 fully saturated rings. The van der Waals surface area contributed by atoms with E-state index in [1.807, 2.05) is 6.07 Å². The largest absolute Gasteiger partial charge is 0.393 e. The van der Waals surface area contributed by atoms with Gasteiger partial charge in [0.15, 0.2) is 0 Å². The van der Waals surface area contributed by atoms with Gasteiger partial charge in [0.25, 0.3) is 0 Å². The maximum Gasteiger partial charge on any atom is 0.317 e. The first-order valence-electron chi connectivity index (χ1n) is 6.60. The van der Waals surface area contributed by atoms with E-state index in [9.17, 15) is 9.90 Å². The van der Waals surface area contributed by atoms with Crippen molar-refractivity contribution in [1.29, 1.82) is 0 Å². The molecular weight excluding hydrogens is 244 g/mol. The standard InChI is InChI=1S/C13H20N4O2/c1-17(9-10-4-2-6-12(10)18)13(19)14-8-11-5-3-7-15-16-11/h3,5,7,10,12,18H,2,4,6,8-9H2,1H3,(H,14,19). The summed E-state index contributed by atoms with van der Waals surface area (Å²) in [6.07, 6.45) is 4.21. The summed E-state index contributed by atoms with van der Waals surface area (Å²) in [5.41, 5.74) is 0.727. The molecule has 1 saturated carbocycles. The highest BCUT2D eigenvalue weighted by Crippen LogP contribution is 2.25. The van der Waals surface area contributed by atoms with Crippen molar-refractivity contribution in [2.24, 2.45) is 5.92 Å². The lowest BCUT2D eigenvalue weighted by atomic mass is 10.1. The number of hydrogen-bond donors (Lipinski definition) is 2. The van der Waals surface area contributed by atoms with Crippen molar-refractivity contribution in [2.75, 3.05) is 13.6 Å². The minimum atomic E-state index is -0.268. The van der Waals surface area contributed by atoms with Gasteiger partial charge in [-0.15, -0.1) is 0 Å². The van der Waals surface area contributed by atoms with E-state index in [4.69, 9.17) is 0 Å². The van der Waals surface area contributed by atoms with Crippen LogP contribution in [-0.4, -0.2) is 45.9 Å². The highest BCUT2D eigenvalue weighted by molar-refractivity contribution is 5.73. The summed E-state index contributed by atoms with van der Waals surface area (Å²) in [5.74, 6) is 0.201. The van der Waals surface area contributed by atoms with E-state index in [1.165, 1.54) is 0 Å². The van der Waals surface area contributed by atoms with Gasteiger partial charge in [-0.3, -0.25) is 0 Å². The fraction of sp³-hybridized carbons (Fsp3) is 0.615. The van der Waals surface area contributed by atoms with E-state index in [1.54, 1.807) is 24.2 Å². The van der Waals surface area contributed by atoms with E-state index in [-0.39, 0.29) is 18.1 Å². The Morgan fingerprint density at radius 2 is 2.42 bits per heavy atom. The summed E-state index contributed by atoms with van der Waals surface area (Å²) >= 11 is 0. The van der Waals surface area contributed by atoms with Crippen LogP contribution in [0.25, 0.3) is 0 Å². The minimum Gasteiger partial charge on any atom is -0.393 e. The van der Waals surface area contributed by atoms with Crippen LogP contribution in [0.2, 0.25) is 0 Å². The molecule has 0 aliphatic heterocycles. The second kappa shape index (κ2) is 6.47. The van der Waals surface area contributed by atoms with Gasteiger partial charge in [0.05, 0.1) is 18.3 Å². The number of aliphatic hydroxyl groups excluding tert-OH is 1. The topological polar surface area (TPSA) is 78.4 Å². The number of aromatic nitrogens is 2. The van der Waals surface area contributed by atoms with Gasteiger partial charge in [0.1, 0.15) is 0 Å². The van der Waals surface area contributed by atoms with E-state index in [0.717, 1.165) is 25.0 Å². The van der Waals surface area contributed by atoms with Crippen LogP contribution in [0.15, 0.2) is 18.3 Å². The van der Waals surface area contributed by atoms with Crippen molar-refractivity contribution in [1.82, 2.24) is 20.4 Å². The Balaban J connectivity index is 1.76. The van der Waals surface area contributed by atoms with Crippen LogP contribution >= 0.6 is 0 Å². The van der Waals surface area contributed by atoms with Crippen LogP contribution in [0.1, 0.15) is 25.0 Å². The van der Waals surface area contributed by atoms with Crippen LogP contribution < -0.4 is 5.32 Å². The number of aliphatic hydroxyl groups is 1. The predicted octanol–water partition coefficient (Wildman–Crippen LogP) is 0.779. The molecule has 1 aliphatic rings. The molecule has 0 spiro atoms. The van der Waals surface area contributed by atoms with E-state index in [2.05, 4.69) is 15.5 Å². The lowest BCUT2D eigenvalue weighted by Gasteiger charge is -2.23. The molecule has 0 saturated heterocycles. The zero-order chi connectivity index (χ0) is 13.7. The molecule has 2 unspecified atom stereocenters. The van der Waals surface area contributed by atoms with Gasteiger partial charge >= 0.3 is 6.03 Å². The SMILES string of the molecule is CN(CC1CCCC1O)C(=O)NCc1cccnn1. The van der Waals surface area contributed by atoms with Crippen molar-refractivity contribution < 1.29 is 9.90 Å². The van der Waals surface area contributed by atoms with Gasteiger partial charge in [0.2, 0.25) is 0 Å². The first-order valence-corrected chi connectivity index (χ1v) is 6.60. The Morgan fingerprint density at radius 3 is 3.05 bits per heavy atom. The van der Waals surface area contributed by atoms with E-state index >= 15 is 0 Å². The summed E-state index contributed by atoms with van der Waals surface area (Å²) in [4.78, 5) is 13.5. The average molecular weight is 264 g/mol. The van der Waals surface area contributed by atoms with Gasteiger partial charge in [-0.05, 0) is 25.0 Å². The smallest absolute Gasteiger partial charge is 0.317 e. The highest BCUT2D eigenvalue weighted by Gasteiger charge is 2.27. The number of hydrogen-bond acceptors (Lipinski definition) is 4. The first kappa shape index (κ1) is 13.7. The van der Waals surface area contributed by atoms with Crippen LogP contribution in [-0.2, 0) is 6.54 Å². The Labute approximate surface area is 112 Å². The molecule has 1 heterocycles. The van der Waals surface area contributed by atoms with Crippen LogP contribution in [0, 0.1) is 5.92 Å². The molecule has 0 aromatic carbocycles. The molecule has 2 amide bonds. The average Bonchev–Trinajstić information content (AvgIpc) is 2.82. The third-order valence-corrected chi connectivity index (χ3v) is 3.52. The molecule has 1 aliphatic carbocycles. The number of amides is 2. The normalized spacial score (nSPS) is 22.2. The van der Waals surface area contributed by atoms with Gasteiger partial charge < -0.3 is 15.3 Å². The van der Waals surface area contributed by atoms with Gasteiger partial charge in [0, 0.05) is 25.7 Å². The summed E-state index contributed by atoms with van der Waals surface area (Å²) in [7, 11) is 1.75. The second-order valence-electron chi connectivity index (χ2n) is 5.01.